The Hall–Kier alpha value is -1.18. The van der Waals surface area contributed by atoms with Gasteiger partial charge in [0.2, 0.25) is 0 Å². The maximum Gasteiger partial charge on any atom is 0.0572 e. The molecule has 0 unspecified atom stereocenters. The van der Waals surface area contributed by atoms with Crippen LogP contribution in [0.25, 0.3) is 0 Å². The molecule has 0 spiro atoms. The molecule has 0 aromatic heterocycles. The zero-order chi connectivity index (χ0) is 9.14. The topological polar surface area (TPSA) is 47.7 Å². The van der Waals surface area contributed by atoms with Gasteiger partial charge in [-0.2, -0.15) is 0 Å². The van der Waals surface area contributed by atoms with Crippen molar-refractivity contribution < 1.29 is 0 Å². The molecule has 1 aliphatic carbocycles. The van der Waals surface area contributed by atoms with Gasteiger partial charge in [0.15, 0.2) is 0 Å². The van der Waals surface area contributed by atoms with Gasteiger partial charge in [0.25, 0.3) is 0 Å². The summed E-state index contributed by atoms with van der Waals surface area (Å²) in [5.74, 6) is 0. The maximum absolute atomic E-state index is 7.63. The van der Waals surface area contributed by atoms with Crippen LogP contribution in [0.1, 0.15) is 26.7 Å². The van der Waals surface area contributed by atoms with Gasteiger partial charge in [-0.1, -0.05) is 6.08 Å². The van der Waals surface area contributed by atoms with Crippen molar-refractivity contribution in [2.45, 2.75) is 26.7 Å². The molecule has 0 fully saturated rings. The van der Waals surface area contributed by atoms with Gasteiger partial charge in [-0.25, -0.2) is 0 Å². The van der Waals surface area contributed by atoms with Crippen molar-refractivity contribution in [3.05, 3.63) is 23.3 Å². The van der Waals surface area contributed by atoms with Gasteiger partial charge in [0, 0.05) is 5.71 Å². The Labute approximate surface area is 73.0 Å². The highest BCUT2D eigenvalue weighted by Gasteiger charge is 2.10. The monoisotopic (exact) mass is 162 g/mol. The van der Waals surface area contributed by atoms with Crippen LogP contribution >= 0.6 is 0 Å². The molecule has 0 radical (unpaired) electrons. The molecule has 0 aromatic rings. The van der Waals surface area contributed by atoms with E-state index in [4.69, 9.17) is 10.8 Å². The molecule has 0 amide bonds. The van der Waals surface area contributed by atoms with Gasteiger partial charge in [0.05, 0.1) is 5.71 Å². The fraction of sp³-hybridized carbons (Fsp3) is 0.400. The molecule has 2 nitrogen and oxygen atoms in total. The Morgan fingerprint density at radius 3 is 2.58 bits per heavy atom. The van der Waals surface area contributed by atoms with Crippen LogP contribution in [-0.4, -0.2) is 11.4 Å². The molecule has 0 aromatic carbocycles. The predicted molar refractivity (Wildman–Crippen MR) is 52.2 cm³/mol. The molecule has 1 aliphatic rings. The van der Waals surface area contributed by atoms with Gasteiger partial charge < -0.3 is 10.8 Å². The Balaban J connectivity index is 3.01. The highest BCUT2D eigenvalue weighted by molar-refractivity contribution is 6.12. The van der Waals surface area contributed by atoms with E-state index in [1.165, 1.54) is 0 Å². The number of rotatable bonds is 1. The van der Waals surface area contributed by atoms with Crippen LogP contribution in [0.2, 0.25) is 0 Å². The Morgan fingerprint density at radius 2 is 2.08 bits per heavy atom. The highest BCUT2D eigenvalue weighted by atomic mass is 14.4. The third-order valence-electron chi connectivity index (χ3n) is 2.19. The van der Waals surface area contributed by atoms with E-state index in [2.05, 4.69) is 0 Å². The molecule has 0 saturated carbocycles. The second-order valence-electron chi connectivity index (χ2n) is 3.08. The van der Waals surface area contributed by atoms with Crippen LogP contribution in [0.15, 0.2) is 23.3 Å². The highest BCUT2D eigenvalue weighted by Crippen LogP contribution is 2.18. The van der Waals surface area contributed by atoms with Crippen LogP contribution in [0.3, 0.4) is 0 Å². The van der Waals surface area contributed by atoms with Crippen molar-refractivity contribution in [1.82, 2.24) is 0 Å². The summed E-state index contributed by atoms with van der Waals surface area (Å²) in [6.45, 7) is 3.69. The molecule has 0 bridgehead atoms. The van der Waals surface area contributed by atoms with Crippen molar-refractivity contribution in [3.63, 3.8) is 0 Å². The first-order valence-electron chi connectivity index (χ1n) is 4.13. The molecule has 64 valence electrons. The average Bonchev–Trinajstić information content (AvgIpc) is 2.04. The first kappa shape index (κ1) is 8.91. The lowest BCUT2D eigenvalue weighted by atomic mass is 9.93. The summed E-state index contributed by atoms with van der Waals surface area (Å²) in [4.78, 5) is 0. The minimum Gasteiger partial charge on any atom is -0.305 e. The van der Waals surface area contributed by atoms with Crippen LogP contribution in [0, 0.1) is 10.8 Å². The lowest BCUT2D eigenvalue weighted by Gasteiger charge is -2.13. The van der Waals surface area contributed by atoms with Gasteiger partial charge in [-0.15, -0.1) is 0 Å². The zero-order valence-corrected chi connectivity index (χ0v) is 7.57. The Kier molecular flexibility index (Phi) is 2.58. The number of hydrogen-bond donors (Lipinski definition) is 2. The maximum atomic E-state index is 7.63. The number of allylic oxidation sites excluding steroid dienone is 4. The first-order valence-corrected chi connectivity index (χ1v) is 4.13. The Morgan fingerprint density at radius 1 is 1.42 bits per heavy atom. The predicted octanol–water partition coefficient (Wildman–Crippen LogP) is 2.71. The second-order valence-corrected chi connectivity index (χ2v) is 3.08. The van der Waals surface area contributed by atoms with E-state index >= 15 is 0 Å². The van der Waals surface area contributed by atoms with Crippen LogP contribution in [-0.2, 0) is 0 Å². The normalized spacial score (nSPS) is 21.0. The summed E-state index contributed by atoms with van der Waals surface area (Å²) in [6.07, 6.45) is 5.75. The molecule has 0 heterocycles. The van der Waals surface area contributed by atoms with Crippen molar-refractivity contribution in [3.8, 4) is 0 Å². The minimum absolute atomic E-state index is 0.574. The second kappa shape index (κ2) is 3.48. The summed E-state index contributed by atoms with van der Waals surface area (Å²) in [7, 11) is 0. The van der Waals surface area contributed by atoms with Crippen LogP contribution in [0.5, 0.6) is 0 Å². The fourth-order valence-corrected chi connectivity index (χ4v) is 1.28. The first-order chi connectivity index (χ1) is 5.63. The van der Waals surface area contributed by atoms with Crippen molar-refractivity contribution >= 4 is 11.4 Å². The van der Waals surface area contributed by atoms with Gasteiger partial charge >= 0.3 is 0 Å². The zero-order valence-electron chi connectivity index (χ0n) is 7.57. The average molecular weight is 162 g/mol. The van der Waals surface area contributed by atoms with E-state index in [-0.39, 0.29) is 0 Å². The van der Waals surface area contributed by atoms with Crippen LogP contribution < -0.4 is 0 Å². The molecular weight excluding hydrogens is 148 g/mol. The summed E-state index contributed by atoms with van der Waals surface area (Å²) in [6, 6.07) is 0. The molecular formula is C10H14N2. The lowest BCUT2D eigenvalue weighted by Crippen LogP contribution is -2.08. The van der Waals surface area contributed by atoms with E-state index in [9.17, 15) is 0 Å². The SMILES string of the molecule is CC(=N)/C(C)=C1/CCC=CC1=N. The van der Waals surface area contributed by atoms with Crippen molar-refractivity contribution in [1.29, 1.82) is 10.8 Å². The fourth-order valence-electron chi connectivity index (χ4n) is 1.28. The lowest BCUT2D eigenvalue weighted by molar-refractivity contribution is 0.991. The molecule has 0 aliphatic heterocycles. The van der Waals surface area contributed by atoms with Crippen molar-refractivity contribution in [2.75, 3.05) is 0 Å². The van der Waals surface area contributed by atoms with Crippen molar-refractivity contribution in [2.24, 2.45) is 0 Å². The van der Waals surface area contributed by atoms with E-state index < -0.39 is 0 Å². The van der Waals surface area contributed by atoms with E-state index in [1.807, 2.05) is 19.1 Å². The summed E-state index contributed by atoms with van der Waals surface area (Å²) in [5.41, 5.74) is 3.14. The van der Waals surface area contributed by atoms with E-state index in [0.29, 0.717) is 11.4 Å². The van der Waals surface area contributed by atoms with Crippen LogP contribution in [0.4, 0.5) is 0 Å². The van der Waals surface area contributed by atoms with E-state index in [1.54, 1.807) is 6.92 Å². The Bertz CT molecular complexity index is 282. The molecule has 2 N–H and O–H groups in total. The third kappa shape index (κ3) is 1.70. The summed E-state index contributed by atoms with van der Waals surface area (Å²) < 4.78 is 0. The standard InChI is InChI=1S/C10H14N2/c1-7(8(2)11)9-5-3-4-6-10(9)12/h4,6,11-12H,3,5H2,1-2H3/b9-7-,11-8?,12-10?. The molecule has 12 heavy (non-hydrogen) atoms. The summed E-state index contributed by atoms with van der Waals surface area (Å²) >= 11 is 0. The quantitative estimate of drug-likeness (QED) is 0.557. The van der Waals surface area contributed by atoms with Gasteiger partial charge in [-0.05, 0) is 43.9 Å². The summed E-state index contributed by atoms with van der Waals surface area (Å²) in [5, 5.41) is 15.1. The molecule has 0 atom stereocenters. The smallest absolute Gasteiger partial charge is 0.0572 e. The minimum atomic E-state index is 0.574. The number of nitrogens with one attached hydrogen (secondary N) is 2. The largest absolute Gasteiger partial charge is 0.305 e. The van der Waals surface area contributed by atoms with Gasteiger partial charge in [0.1, 0.15) is 0 Å². The van der Waals surface area contributed by atoms with E-state index in [0.717, 1.165) is 24.0 Å². The van der Waals surface area contributed by atoms with Gasteiger partial charge in [-0.3, -0.25) is 0 Å². The third-order valence-corrected chi connectivity index (χ3v) is 2.19. The number of hydrogen-bond acceptors (Lipinski definition) is 2. The molecule has 0 saturated heterocycles. The molecule has 1 rings (SSSR count). The molecule has 2 heteroatoms.